The van der Waals surface area contributed by atoms with E-state index in [1.54, 1.807) is 24.3 Å². The van der Waals surface area contributed by atoms with Crippen molar-refractivity contribution < 1.29 is 13.4 Å². The van der Waals surface area contributed by atoms with Crippen molar-refractivity contribution in [2.75, 3.05) is 0 Å². The minimum absolute atomic E-state index is 0.166. The summed E-state index contributed by atoms with van der Waals surface area (Å²) in [7, 11) is -3.22. The third kappa shape index (κ3) is 4.33. The molecule has 5 unspecified atom stereocenters. The number of aryl methyl sites for hydroxylation is 1. The molecule has 0 N–H and O–H groups in total. The minimum atomic E-state index is -1.88. The van der Waals surface area contributed by atoms with Crippen LogP contribution < -0.4 is 4.43 Å². The van der Waals surface area contributed by atoms with Crippen molar-refractivity contribution in [2.24, 2.45) is 17.3 Å². The van der Waals surface area contributed by atoms with Crippen LogP contribution in [0.5, 0.6) is 5.75 Å². The third-order valence-electron chi connectivity index (χ3n) is 9.89. The summed E-state index contributed by atoms with van der Waals surface area (Å²) >= 11 is 6.03. The highest BCUT2D eigenvalue weighted by Gasteiger charge is 2.59. The Balaban J connectivity index is 1.38. The Bertz CT molecular complexity index is 1200. The lowest BCUT2D eigenvalue weighted by atomic mass is 9.55. The topological polar surface area (TPSA) is 43.4 Å². The van der Waals surface area contributed by atoms with E-state index in [-0.39, 0.29) is 16.2 Å². The summed E-state index contributed by atoms with van der Waals surface area (Å²) in [5.74, 6) is 2.46. The number of carbonyl (C=O) groups excluding carboxylic acids is 1. The van der Waals surface area contributed by atoms with Crippen LogP contribution in [-0.2, 0) is 22.0 Å². The SMILES string of the molecule is CC(C)(C)[Si](C)(C)Oc1ccc2c(c1)CCC1C2CC[C@]2(C)C(=O)C(S(=O)c3ccc(Cl)cc3)CC12. The molecule has 0 radical (unpaired) electrons. The second-order valence-corrected chi connectivity index (χ2v) is 19.7. The summed E-state index contributed by atoms with van der Waals surface area (Å²) in [5, 5.41) is 0.372. The Morgan fingerprint density at radius 1 is 1.08 bits per heavy atom. The van der Waals surface area contributed by atoms with Crippen LogP contribution in [0.25, 0.3) is 0 Å². The van der Waals surface area contributed by atoms with Gasteiger partial charge in [0, 0.05) is 15.3 Å². The van der Waals surface area contributed by atoms with Gasteiger partial charge in [-0.1, -0.05) is 45.4 Å². The lowest BCUT2D eigenvalue weighted by Gasteiger charge is -2.48. The molecule has 3 aliphatic carbocycles. The highest BCUT2D eigenvalue weighted by molar-refractivity contribution is 7.86. The molecule has 194 valence electrons. The fraction of sp³-hybridized carbons (Fsp3) is 0.567. The monoisotopic (exact) mass is 542 g/mol. The fourth-order valence-corrected chi connectivity index (χ4v) is 9.48. The predicted octanol–water partition coefficient (Wildman–Crippen LogP) is 7.94. The second-order valence-electron chi connectivity index (χ2n) is 12.9. The van der Waals surface area contributed by atoms with Gasteiger partial charge in [0.05, 0.1) is 16.0 Å². The summed E-state index contributed by atoms with van der Waals surface area (Å²) in [4.78, 5) is 14.4. The first kappa shape index (κ1) is 26.2. The maximum absolute atomic E-state index is 13.7. The molecule has 5 rings (SSSR count). The molecule has 2 fully saturated rings. The van der Waals surface area contributed by atoms with E-state index in [0.717, 1.165) is 37.9 Å². The van der Waals surface area contributed by atoms with Crippen molar-refractivity contribution in [3.63, 3.8) is 0 Å². The molecule has 0 amide bonds. The summed E-state index contributed by atoms with van der Waals surface area (Å²) in [5.41, 5.74) is 2.50. The molecule has 0 spiro atoms. The molecule has 36 heavy (non-hydrogen) atoms. The molecular formula is C30H39ClO3SSi. The Morgan fingerprint density at radius 3 is 2.44 bits per heavy atom. The van der Waals surface area contributed by atoms with Gasteiger partial charge in [0.25, 0.3) is 0 Å². The Hall–Kier alpha value is -1.43. The summed E-state index contributed by atoms with van der Waals surface area (Å²) in [6.45, 7) is 13.6. The minimum Gasteiger partial charge on any atom is -0.543 e. The fourth-order valence-electron chi connectivity index (χ4n) is 6.75. The van der Waals surface area contributed by atoms with Gasteiger partial charge in [-0.3, -0.25) is 9.00 Å². The van der Waals surface area contributed by atoms with Crippen LogP contribution in [0.1, 0.15) is 70.4 Å². The normalized spacial score (nSPS) is 30.8. The number of halogens is 1. The summed E-state index contributed by atoms with van der Waals surface area (Å²) in [6, 6.07) is 13.9. The Labute approximate surface area is 224 Å². The molecule has 0 aliphatic heterocycles. The molecular weight excluding hydrogens is 504 g/mol. The molecule has 6 heteroatoms. The zero-order valence-corrected chi connectivity index (χ0v) is 25.0. The van der Waals surface area contributed by atoms with Gasteiger partial charge in [-0.05, 0) is 116 Å². The van der Waals surface area contributed by atoms with Crippen LogP contribution in [0.4, 0.5) is 0 Å². The standard InChI is InChI=1S/C30H39ClO3SSi/c1-29(2,3)36(5,6)34-21-10-14-23-19(17-21)7-13-25-24(23)15-16-30(4)26(25)18-27(28(30)32)35(33)22-11-8-20(31)9-12-22/h8-12,14,17,24-27H,7,13,15-16,18H2,1-6H3/t24?,25?,26?,27?,30-,35?/m0/s1. The largest absolute Gasteiger partial charge is 0.543 e. The second kappa shape index (κ2) is 9.09. The van der Waals surface area contributed by atoms with Gasteiger partial charge in [0.15, 0.2) is 5.78 Å². The smallest absolute Gasteiger partial charge is 0.250 e. The molecule has 0 aromatic heterocycles. The van der Waals surface area contributed by atoms with Crippen molar-refractivity contribution in [3.05, 3.63) is 58.6 Å². The van der Waals surface area contributed by atoms with Crippen LogP contribution >= 0.6 is 11.6 Å². The van der Waals surface area contributed by atoms with Crippen LogP contribution in [0.2, 0.25) is 23.2 Å². The number of ketones is 1. The van der Waals surface area contributed by atoms with Crippen molar-refractivity contribution in [1.82, 2.24) is 0 Å². The Morgan fingerprint density at radius 2 is 1.78 bits per heavy atom. The average molecular weight is 543 g/mol. The first-order valence-electron chi connectivity index (χ1n) is 13.3. The molecule has 0 saturated heterocycles. The number of carbonyl (C=O) groups is 1. The number of hydrogen-bond donors (Lipinski definition) is 0. The van der Waals surface area contributed by atoms with E-state index in [4.69, 9.17) is 16.0 Å². The summed E-state index contributed by atoms with van der Waals surface area (Å²) in [6.07, 6.45) is 4.76. The van der Waals surface area contributed by atoms with E-state index in [2.05, 4.69) is 59.0 Å². The molecule has 6 atom stereocenters. The highest BCUT2D eigenvalue weighted by Crippen LogP contribution is 2.60. The van der Waals surface area contributed by atoms with Gasteiger partial charge in [-0.25, -0.2) is 0 Å². The highest BCUT2D eigenvalue weighted by atomic mass is 35.5. The van der Waals surface area contributed by atoms with Gasteiger partial charge >= 0.3 is 0 Å². The van der Waals surface area contributed by atoms with E-state index in [1.165, 1.54) is 11.1 Å². The van der Waals surface area contributed by atoms with Crippen molar-refractivity contribution >= 4 is 36.5 Å². The first-order chi connectivity index (χ1) is 16.8. The van der Waals surface area contributed by atoms with Crippen molar-refractivity contribution in [3.8, 4) is 5.75 Å². The van der Waals surface area contributed by atoms with Gasteiger partial charge < -0.3 is 4.43 Å². The molecule has 0 bridgehead atoms. The summed E-state index contributed by atoms with van der Waals surface area (Å²) < 4.78 is 20.1. The van der Waals surface area contributed by atoms with Crippen LogP contribution in [0.3, 0.4) is 0 Å². The quantitative estimate of drug-likeness (QED) is 0.368. The molecule has 2 aromatic carbocycles. The number of benzene rings is 2. The first-order valence-corrected chi connectivity index (χ1v) is 17.8. The number of Topliss-reactive ketones (excluding diaryl/α,β-unsaturated/α-hetero) is 1. The maximum Gasteiger partial charge on any atom is 0.250 e. The van der Waals surface area contributed by atoms with Crippen LogP contribution in [0.15, 0.2) is 47.4 Å². The average Bonchev–Trinajstić information content (AvgIpc) is 3.08. The van der Waals surface area contributed by atoms with Gasteiger partial charge in [0.2, 0.25) is 8.32 Å². The zero-order chi connectivity index (χ0) is 26.0. The predicted molar refractivity (Wildman–Crippen MR) is 151 cm³/mol. The van der Waals surface area contributed by atoms with Gasteiger partial charge in [-0.2, -0.15) is 0 Å². The van der Waals surface area contributed by atoms with Crippen LogP contribution in [0, 0.1) is 17.3 Å². The lowest BCUT2D eigenvalue weighted by molar-refractivity contribution is -0.129. The third-order valence-corrected chi connectivity index (χ3v) is 16.2. The number of hydrogen-bond acceptors (Lipinski definition) is 3. The molecule has 0 heterocycles. The molecule has 2 saturated carbocycles. The van der Waals surface area contributed by atoms with E-state index in [0.29, 0.717) is 27.7 Å². The van der Waals surface area contributed by atoms with E-state index in [9.17, 15) is 9.00 Å². The van der Waals surface area contributed by atoms with E-state index >= 15 is 0 Å². The Kier molecular flexibility index (Phi) is 6.61. The van der Waals surface area contributed by atoms with Gasteiger partial charge in [-0.15, -0.1) is 0 Å². The van der Waals surface area contributed by atoms with E-state index in [1.807, 2.05) is 0 Å². The molecule has 3 nitrogen and oxygen atoms in total. The van der Waals surface area contributed by atoms with Crippen molar-refractivity contribution in [1.29, 1.82) is 0 Å². The molecule has 3 aliphatic rings. The van der Waals surface area contributed by atoms with Crippen LogP contribution in [-0.4, -0.2) is 23.6 Å². The molecule has 2 aromatic rings. The van der Waals surface area contributed by atoms with Gasteiger partial charge in [0.1, 0.15) is 5.75 Å². The van der Waals surface area contributed by atoms with E-state index < -0.39 is 24.4 Å². The van der Waals surface area contributed by atoms with Crippen molar-refractivity contribution in [2.45, 2.75) is 94.0 Å². The maximum atomic E-state index is 13.7. The zero-order valence-electron chi connectivity index (χ0n) is 22.4. The number of fused-ring (bicyclic) bond motifs is 5. The lowest BCUT2D eigenvalue weighted by Crippen LogP contribution is -2.44. The number of rotatable bonds is 4.